The van der Waals surface area contributed by atoms with E-state index in [9.17, 15) is 0 Å². The van der Waals surface area contributed by atoms with Crippen molar-refractivity contribution in [3.8, 4) is 5.75 Å². The molecule has 0 spiro atoms. The van der Waals surface area contributed by atoms with Gasteiger partial charge in [-0.1, -0.05) is 12.1 Å². The fourth-order valence-electron chi connectivity index (χ4n) is 2.54. The Hall–Kier alpha value is -0.883. The van der Waals surface area contributed by atoms with E-state index in [-0.39, 0.29) is 0 Å². The average Bonchev–Trinajstić information content (AvgIpc) is 2.44. The Kier molecular flexibility index (Phi) is 7.38. The highest BCUT2D eigenvalue weighted by atomic mass is 28.4. The first-order chi connectivity index (χ1) is 10.0. The van der Waals surface area contributed by atoms with Gasteiger partial charge in [-0.3, -0.25) is 0 Å². The van der Waals surface area contributed by atoms with Gasteiger partial charge in [0.25, 0.3) is 0 Å². The molecule has 0 radical (unpaired) electrons. The molecule has 0 unspecified atom stereocenters. The zero-order chi connectivity index (χ0) is 15.9. The van der Waals surface area contributed by atoms with Gasteiger partial charge >= 0.3 is 8.80 Å². The predicted molar refractivity (Wildman–Crippen MR) is 86.8 cm³/mol. The van der Waals surface area contributed by atoms with Gasteiger partial charge in [-0.15, -0.1) is 0 Å². The minimum Gasteiger partial charge on any atom is -0.496 e. The molecule has 5 heteroatoms. The van der Waals surface area contributed by atoms with Crippen LogP contribution in [0.5, 0.6) is 5.75 Å². The van der Waals surface area contributed by atoms with Crippen LogP contribution in [0.3, 0.4) is 0 Å². The van der Waals surface area contributed by atoms with E-state index in [1.54, 1.807) is 7.11 Å². The van der Waals surface area contributed by atoms with Crippen molar-refractivity contribution >= 4 is 8.80 Å². The summed E-state index contributed by atoms with van der Waals surface area (Å²) in [7, 11) is -0.971. The first kappa shape index (κ1) is 18.2. The molecule has 0 fully saturated rings. The van der Waals surface area contributed by atoms with Gasteiger partial charge in [0.1, 0.15) is 5.75 Å². The molecule has 0 bridgehead atoms. The normalized spacial score (nSPS) is 11.7. The summed E-state index contributed by atoms with van der Waals surface area (Å²) in [5.74, 6) is 0.930. The molecule has 21 heavy (non-hydrogen) atoms. The molecule has 1 aromatic rings. The predicted octanol–water partition coefficient (Wildman–Crippen LogP) is 3.44. The Morgan fingerprint density at radius 1 is 0.905 bits per heavy atom. The lowest BCUT2D eigenvalue weighted by molar-refractivity contribution is 0.0703. The van der Waals surface area contributed by atoms with Crippen LogP contribution in [-0.2, 0) is 19.3 Å². The number of ether oxygens (including phenoxy) is 1. The second kappa shape index (κ2) is 8.53. The Labute approximate surface area is 129 Å². The van der Waals surface area contributed by atoms with Crippen LogP contribution in [0, 0.1) is 13.8 Å². The minimum absolute atomic E-state index is 0.592. The number of rotatable bonds is 9. The molecular weight excluding hydrogens is 284 g/mol. The van der Waals surface area contributed by atoms with Gasteiger partial charge in [0.2, 0.25) is 0 Å². The zero-order valence-electron chi connectivity index (χ0n) is 14.1. The lowest BCUT2D eigenvalue weighted by Gasteiger charge is -2.29. The molecule has 120 valence electrons. The molecule has 0 amide bonds. The lowest BCUT2D eigenvalue weighted by atomic mass is 10.1. The summed E-state index contributed by atoms with van der Waals surface area (Å²) < 4.78 is 23.3. The lowest BCUT2D eigenvalue weighted by Crippen LogP contribution is -2.48. The molecule has 0 N–H and O–H groups in total. The average molecular weight is 312 g/mol. The van der Waals surface area contributed by atoms with E-state index in [4.69, 9.17) is 18.0 Å². The molecule has 1 rings (SSSR count). The number of aryl methyl sites for hydroxylation is 1. The molecule has 0 aliphatic carbocycles. The number of benzene rings is 1. The Balaban J connectivity index is 3.13. The Morgan fingerprint density at radius 2 is 1.43 bits per heavy atom. The van der Waals surface area contributed by atoms with E-state index >= 15 is 0 Å². The van der Waals surface area contributed by atoms with Gasteiger partial charge in [0, 0.05) is 25.9 Å². The summed E-state index contributed by atoms with van der Waals surface area (Å²) in [5.41, 5.74) is 3.43. The van der Waals surface area contributed by atoms with Crippen LogP contribution in [0.1, 0.15) is 37.5 Å². The quantitative estimate of drug-likeness (QED) is 0.655. The third-order valence-corrected chi connectivity index (χ3v) is 6.42. The van der Waals surface area contributed by atoms with Gasteiger partial charge in [0.05, 0.1) is 7.11 Å². The van der Waals surface area contributed by atoms with E-state index in [2.05, 4.69) is 19.1 Å². The zero-order valence-corrected chi connectivity index (χ0v) is 15.1. The maximum Gasteiger partial charge on any atom is 0.505 e. The second-order valence-corrected chi connectivity index (χ2v) is 7.44. The topological polar surface area (TPSA) is 36.9 Å². The molecule has 1 aromatic carbocycles. The third-order valence-electron chi connectivity index (χ3n) is 3.42. The molecular formula is C16H28O4Si. The molecule has 0 aromatic heterocycles. The summed E-state index contributed by atoms with van der Waals surface area (Å²) in [6, 6.07) is 4.86. The Bertz CT molecular complexity index is 431. The van der Waals surface area contributed by atoms with Crippen molar-refractivity contribution in [2.45, 2.75) is 40.7 Å². The summed E-state index contributed by atoms with van der Waals surface area (Å²) in [6.45, 7) is 11.8. The monoisotopic (exact) mass is 312 g/mol. The fourth-order valence-corrected chi connectivity index (χ4v) is 5.27. The van der Waals surface area contributed by atoms with Crippen molar-refractivity contribution in [2.75, 3.05) is 26.9 Å². The summed E-state index contributed by atoms with van der Waals surface area (Å²) in [5, 5.41) is 0. The second-order valence-electron chi connectivity index (χ2n) is 4.86. The first-order valence-electron chi connectivity index (χ1n) is 7.58. The molecule has 0 heterocycles. The van der Waals surface area contributed by atoms with Crippen LogP contribution < -0.4 is 4.74 Å². The maximum absolute atomic E-state index is 5.93. The molecule has 0 saturated carbocycles. The SMILES string of the molecule is CCO[Si](Cc1ccc(C)c(OC)c1C)(OCC)OCC. The highest BCUT2D eigenvalue weighted by Gasteiger charge is 2.41. The van der Waals surface area contributed by atoms with Crippen molar-refractivity contribution in [3.63, 3.8) is 0 Å². The molecule has 4 nitrogen and oxygen atoms in total. The highest BCUT2D eigenvalue weighted by molar-refractivity contribution is 6.60. The largest absolute Gasteiger partial charge is 0.505 e. The van der Waals surface area contributed by atoms with Crippen molar-refractivity contribution < 1.29 is 18.0 Å². The van der Waals surface area contributed by atoms with E-state index in [0.717, 1.165) is 16.9 Å². The highest BCUT2D eigenvalue weighted by Crippen LogP contribution is 2.28. The van der Waals surface area contributed by atoms with E-state index in [1.807, 2.05) is 27.7 Å². The van der Waals surface area contributed by atoms with E-state index in [0.29, 0.717) is 25.9 Å². The van der Waals surface area contributed by atoms with Gasteiger partial charge in [-0.2, -0.15) is 0 Å². The minimum atomic E-state index is -2.68. The summed E-state index contributed by atoms with van der Waals surface area (Å²) in [6.07, 6.45) is 0. The molecule has 0 saturated heterocycles. The fraction of sp³-hybridized carbons (Fsp3) is 0.625. The van der Waals surface area contributed by atoms with Crippen LogP contribution in [-0.4, -0.2) is 35.7 Å². The number of methoxy groups -OCH3 is 1. The van der Waals surface area contributed by atoms with Crippen LogP contribution in [0.15, 0.2) is 12.1 Å². The van der Waals surface area contributed by atoms with Crippen LogP contribution in [0.25, 0.3) is 0 Å². The number of hydrogen-bond donors (Lipinski definition) is 0. The van der Waals surface area contributed by atoms with Crippen LogP contribution in [0.2, 0.25) is 0 Å². The van der Waals surface area contributed by atoms with Gasteiger partial charge in [0.15, 0.2) is 0 Å². The van der Waals surface area contributed by atoms with Crippen LogP contribution >= 0.6 is 0 Å². The number of hydrogen-bond acceptors (Lipinski definition) is 4. The Morgan fingerprint density at radius 3 is 1.86 bits per heavy atom. The maximum atomic E-state index is 5.93. The van der Waals surface area contributed by atoms with Crippen molar-refractivity contribution in [3.05, 3.63) is 28.8 Å². The molecule has 0 aliphatic rings. The van der Waals surface area contributed by atoms with Gasteiger partial charge in [-0.25, -0.2) is 0 Å². The standard InChI is InChI=1S/C16H28O4Si/c1-7-18-21(19-8-2,20-9-3)12-15-11-10-13(4)16(17-6)14(15)5/h10-11H,7-9,12H2,1-6H3. The first-order valence-corrected chi connectivity index (χ1v) is 9.51. The van der Waals surface area contributed by atoms with Crippen molar-refractivity contribution in [1.82, 2.24) is 0 Å². The van der Waals surface area contributed by atoms with Crippen molar-refractivity contribution in [2.24, 2.45) is 0 Å². The van der Waals surface area contributed by atoms with E-state index < -0.39 is 8.80 Å². The van der Waals surface area contributed by atoms with Crippen LogP contribution in [0.4, 0.5) is 0 Å². The van der Waals surface area contributed by atoms with E-state index in [1.165, 1.54) is 5.56 Å². The third kappa shape index (κ3) is 4.54. The van der Waals surface area contributed by atoms with Crippen molar-refractivity contribution in [1.29, 1.82) is 0 Å². The smallest absolute Gasteiger partial charge is 0.496 e. The molecule has 0 aliphatic heterocycles. The van der Waals surface area contributed by atoms with Gasteiger partial charge in [-0.05, 0) is 51.3 Å². The van der Waals surface area contributed by atoms with Gasteiger partial charge < -0.3 is 18.0 Å². The molecule has 0 atom stereocenters. The summed E-state index contributed by atoms with van der Waals surface area (Å²) in [4.78, 5) is 0. The summed E-state index contributed by atoms with van der Waals surface area (Å²) >= 11 is 0.